The minimum atomic E-state index is -0.141. The standard InChI is InChI=1S/C16H16ClN5O2S/c17-10-1-2-11-13(9-10)25-16(18-11)22-7-5-21(6-8-22)15(24)12-3-4-14(23)20-19-12/h1-2,9H,3-8H2,(H,20,23). The van der Waals surface area contributed by atoms with Crippen molar-refractivity contribution in [2.45, 2.75) is 12.8 Å². The largest absolute Gasteiger partial charge is 0.345 e. The van der Waals surface area contributed by atoms with Crippen LogP contribution in [-0.4, -0.2) is 53.6 Å². The molecule has 1 fully saturated rings. The number of piperazine rings is 1. The van der Waals surface area contributed by atoms with Gasteiger partial charge < -0.3 is 9.80 Å². The van der Waals surface area contributed by atoms with Gasteiger partial charge in [-0.1, -0.05) is 22.9 Å². The molecular formula is C16H16ClN5O2S. The van der Waals surface area contributed by atoms with Gasteiger partial charge in [-0.15, -0.1) is 0 Å². The molecule has 130 valence electrons. The fourth-order valence-electron chi connectivity index (χ4n) is 2.93. The minimum Gasteiger partial charge on any atom is -0.345 e. The smallest absolute Gasteiger partial charge is 0.270 e. The molecule has 0 bridgehead atoms. The van der Waals surface area contributed by atoms with Gasteiger partial charge in [-0.05, 0) is 18.2 Å². The number of carbonyl (C=O) groups excluding carboxylic acids is 2. The van der Waals surface area contributed by atoms with Gasteiger partial charge in [0.15, 0.2) is 5.13 Å². The van der Waals surface area contributed by atoms with Crippen molar-refractivity contribution in [1.29, 1.82) is 0 Å². The Bertz CT molecular complexity index is 873. The normalized spacial score (nSPS) is 18.3. The van der Waals surface area contributed by atoms with Gasteiger partial charge in [-0.2, -0.15) is 5.10 Å². The zero-order valence-corrected chi connectivity index (χ0v) is 14.9. The van der Waals surface area contributed by atoms with E-state index in [-0.39, 0.29) is 11.8 Å². The number of amides is 2. The first-order valence-electron chi connectivity index (χ1n) is 8.06. The van der Waals surface area contributed by atoms with Crippen LogP contribution in [0.15, 0.2) is 23.3 Å². The molecule has 7 nitrogen and oxygen atoms in total. The molecule has 0 aliphatic carbocycles. The second kappa shape index (κ2) is 6.61. The Balaban J connectivity index is 1.42. The van der Waals surface area contributed by atoms with Gasteiger partial charge >= 0.3 is 0 Å². The number of benzene rings is 1. The summed E-state index contributed by atoms with van der Waals surface area (Å²) < 4.78 is 1.06. The monoisotopic (exact) mass is 377 g/mol. The summed E-state index contributed by atoms with van der Waals surface area (Å²) >= 11 is 7.65. The molecular weight excluding hydrogens is 362 g/mol. The molecule has 0 spiro atoms. The number of halogens is 1. The summed E-state index contributed by atoms with van der Waals surface area (Å²) in [6.07, 6.45) is 0.725. The number of hydrazone groups is 1. The van der Waals surface area contributed by atoms with Crippen molar-refractivity contribution in [1.82, 2.24) is 15.3 Å². The highest BCUT2D eigenvalue weighted by molar-refractivity contribution is 7.22. The number of nitrogens with one attached hydrogen (secondary N) is 1. The van der Waals surface area contributed by atoms with Crippen molar-refractivity contribution in [2.24, 2.45) is 5.10 Å². The van der Waals surface area contributed by atoms with E-state index in [1.807, 2.05) is 18.2 Å². The lowest BCUT2D eigenvalue weighted by atomic mass is 10.1. The Morgan fingerprint density at radius 3 is 2.72 bits per heavy atom. The van der Waals surface area contributed by atoms with Gasteiger partial charge in [-0.3, -0.25) is 9.59 Å². The zero-order valence-electron chi connectivity index (χ0n) is 13.4. The van der Waals surface area contributed by atoms with Crippen LogP contribution in [0, 0.1) is 0 Å². The maximum Gasteiger partial charge on any atom is 0.270 e. The lowest BCUT2D eigenvalue weighted by molar-refractivity contribution is -0.124. The minimum absolute atomic E-state index is 0.0873. The highest BCUT2D eigenvalue weighted by Crippen LogP contribution is 2.31. The van der Waals surface area contributed by atoms with E-state index in [1.54, 1.807) is 16.2 Å². The van der Waals surface area contributed by atoms with Crippen LogP contribution in [0.4, 0.5) is 5.13 Å². The number of hydrogen-bond donors (Lipinski definition) is 1. The molecule has 2 amide bonds. The molecule has 9 heteroatoms. The summed E-state index contributed by atoms with van der Waals surface area (Å²) in [7, 11) is 0. The van der Waals surface area contributed by atoms with E-state index in [0.717, 1.165) is 28.4 Å². The molecule has 1 aromatic heterocycles. The lowest BCUT2D eigenvalue weighted by Gasteiger charge is -2.34. The number of carbonyl (C=O) groups is 2. The highest BCUT2D eigenvalue weighted by Gasteiger charge is 2.27. The number of rotatable bonds is 2. The first-order chi connectivity index (χ1) is 12.1. The summed E-state index contributed by atoms with van der Waals surface area (Å²) in [5.41, 5.74) is 3.75. The third-order valence-electron chi connectivity index (χ3n) is 4.33. The average Bonchev–Trinajstić information content (AvgIpc) is 3.05. The molecule has 3 heterocycles. The van der Waals surface area contributed by atoms with Crippen LogP contribution in [0.1, 0.15) is 12.8 Å². The number of nitrogens with zero attached hydrogens (tertiary/aromatic N) is 4. The average molecular weight is 378 g/mol. The van der Waals surface area contributed by atoms with Crippen LogP contribution < -0.4 is 10.3 Å². The molecule has 2 aliphatic heterocycles. The van der Waals surface area contributed by atoms with Crippen molar-refractivity contribution < 1.29 is 9.59 Å². The number of hydrogen-bond acceptors (Lipinski definition) is 6. The summed E-state index contributed by atoms with van der Waals surface area (Å²) in [6, 6.07) is 5.69. The molecule has 25 heavy (non-hydrogen) atoms. The Labute approximate surface area is 153 Å². The summed E-state index contributed by atoms with van der Waals surface area (Å²) in [5, 5.41) is 5.55. The van der Waals surface area contributed by atoms with Crippen molar-refractivity contribution >= 4 is 55.8 Å². The van der Waals surface area contributed by atoms with E-state index >= 15 is 0 Å². The molecule has 0 unspecified atom stereocenters. The predicted octanol–water partition coefficient (Wildman–Crippen LogP) is 1.86. The first-order valence-corrected chi connectivity index (χ1v) is 9.25. The van der Waals surface area contributed by atoms with Crippen LogP contribution in [0.5, 0.6) is 0 Å². The van der Waals surface area contributed by atoms with Crippen LogP contribution in [-0.2, 0) is 9.59 Å². The molecule has 4 rings (SSSR count). The van der Waals surface area contributed by atoms with E-state index in [9.17, 15) is 9.59 Å². The number of anilines is 1. The van der Waals surface area contributed by atoms with Gasteiger partial charge in [0.2, 0.25) is 5.91 Å². The van der Waals surface area contributed by atoms with Gasteiger partial charge in [0.25, 0.3) is 5.91 Å². The number of thiazole rings is 1. The molecule has 1 saturated heterocycles. The first kappa shape index (κ1) is 16.3. The number of fused-ring (bicyclic) bond motifs is 1. The predicted molar refractivity (Wildman–Crippen MR) is 98.2 cm³/mol. The van der Waals surface area contributed by atoms with Crippen LogP contribution in [0.3, 0.4) is 0 Å². The zero-order chi connectivity index (χ0) is 17.4. The summed E-state index contributed by atoms with van der Waals surface area (Å²) in [6.45, 7) is 2.67. The third kappa shape index (κ3) is 3.32. The topological polar surface area (TPSA) is 77.9 Å². The van der Waals surface area contributed by atoms with Crippen LogP contribution in [0.2, 0.25) is 5.02 Å². The Morgan fingerprint density at radius 1 is 1.20 bits per heavy atom. The van der Waals surface area contributed by atoms with Crippen LogP contribution in [0.25, 0.3) is 10.2 Å². The Kier molecular flexibility index (Phi) is 4.30. The number of aromatic nitrogens is 1. The molecule has 2 aromatic rings. The maximum atomic E-state index is 12.5. The van der Waals surface area contributed by atoms with Gasteiger partial charge in [0.05, 0.1) is 10.2 Å². The Morgan fingerprint density at radius 2 is 2.00 bits per heavy atom. The van der Waals surface area contributed by atoms with E-state index in [4.69, 9.17) is 11.6 Å². The second-order valence-electron chi connectivity index (χ2n) is 5.98. The van der Waals surface area contributed by atoms with E-state index in [0.29, 0.717) is 36.7 Å². The quantitative estimate of drug-likeness (QED) is 0.866. The molecule has 0 radical (unpaired) electrons. The highest BCUT2D eigenvalue weighted by atomic mass is 35.5. The summed E-state index contributed by atoms with van der Waals surface area (Å²) in [4.78, 5) is 32.3. The molecule has 1 N–H and O–H groups in total. The fourth-order valence-corrected chi connectivity index (χ4v) is 4.23. The summed E-state index contributed by atoms with van der Waals surface area (Å²) in [5.74, 6) is -0.229. The van der Waals surface area contributed by atoms with Crippen molar-refractivity contribution in [3.8, 4) is 0 Å². The van der Waals surface area contributed by atoms with E-state index in [1.165, 1.54) is 0 Å². The molecule has 2 aliphatic rings. The molecule has 0 atom stereocenters. The van der Waals surface area contributed by atoms with E-state index in [2.05, 4.69) is 20.4 Å². The lowest BCUT2D eigenvalue weighted by Crippen LogP contribution is -2.51. The van der Waals surface area contributed by atoms with Crippen molar-refractivity contribution in [3.63, 3.8) is 0 Å². The SMILES string of the molecule is O=C1CCC(C(=O)N2CCN(c3nc4ccc(Cl)cc4s3)CC2)=NN1. The maximum absolute atomic E-state index is 12.5. The van der Waals surface area contributed by atoms with Gasteiger partial charge in [-0.25, -0.2) is 10.4 Å². The third-order valence-corrected chi connectivity index (χ3v) is 5.64. The van der Waals surface area contributed by atoms with E-state index < -0.39 is 0 Å². The van der Waals surface area contributed by atoms with Crippen molar-refractivity contribution in [3.05, 3.63) is 23.2 Å². The molecule has 1 aromatic carbocycles. The Hall–Kier alpha value is -2.19. The van der Waals surface area contributed by atoms with Crippen LogP contribution >= 0.6 is 22.9 Å². The van der Waals surface area contributed by atoms with Crippen molar-refractivity contribution in [2.75, 3.05) is 31.1 Å². The second-order valence-corrected chi connectivity index (χ2v) is 7.43. The molecule has 0 saturated carbocycles. The fraction of sp³-hybridized carbons (Fsp3) is 0.375. The van der Waals surface area contributed by atoms with Gasteiger partial charge in [0, 0.05) is 44.0 Å². The van der Waals surface area contributed by atoms with Gasteiger partial charge in [0.1, 0.15) is 5.71 Å².